The van der Waals surface area contributed by atoms with E-state index in [2.05, 4.69) is 6.58 Å². The standard InChI is InChI=1S/C27H31NO5/c1-5-20(19-13-14-22-23(16-19)32-17-31-22)24(18-10-7-6-8-11-18)25(29)28-15-9-12-21(28)26(30)33-27(2,3)4/h5-8,10-11,13-14,16,20-21,24H,1,9,12,15,17H2,2-4H3/t20-,21-,24-/m0/s1. The number of hydrogen-bond acceptors (Lipinski definition) is 5. The number of allylic oxidation sites excluding steroid dienone is 1. The summed E-state index contributed by atoms with van der Waals surface area (Å²) in [6.45, 7) is 10.3. The number of ether oxygens (including phenoxy) is 3. The highest BCUT2D eigenvalue weighted by Crippen LogP contribution is 2.41. The summed E-state index contributed by atoms with van der Waals surface area (Å²) in [6.07, 6.45) is 3.16. The van der Waals surface area contributed by atoms with Crippen molar-refractivity contribution in [1.29, 1.82) is 0 Å². The van der Waals surface area contributed by atoms with Crippen molar-refractivity contribution in [3.05, 3.63) is 72.3 Å². The van der Waals surface area contributed by atoms with Gasteiger partial charge < -0.3 is 19.1 Å². The van der Waals surface area contributed by atoms with Crippen molar-refractivity contribution in [2.75, 3.05) is 13.3 Å². The van der Waals surface area contributed by atoms with Gasteiger partial charge in [0.15, 0.2) is 11.5 Å². The molecule has 6 nitrogen and oxygen atoms in total. The second-order valence-corrected chi connectivity index (χ2v) is 9.49. The Bertz CT molecular complexity index is 1030. The molecule has 0 unspecified atom stereocenters. The van der Waals surface area contributed by atoms with Crippen LogP contribution in [0.2, 0.25) is 0 Å². The van der Waals surface area contributed by atoms with E-state index in [9.17, 15) is 9.59 Å². The number of rotatable bonds is 6. The molecule has 0 bridgehead atoms. The van der Waals surface area contributed by atoms with E-state index < -0.39 is 17.6 Å². The Balaban J connectivity index is 1.69. The molecule has 2 aromatic rings. The maximum Gasteiger partial charge on any atom is 0.329 e. The van der Waals surface area contributed by atoms with Crippen molar-refractivity contribution in [2.45, 2.75) is 57.1 Å². The Kier molecular flexibility index (Phi) is 6.45. The van der Waals surface area contributed by atoms with Gasteiger partial charge in [0.1, 0.15) is 11.6 Å². The van der Waals surface area contributed by atoms with Gasteiger partial charge in [-0.2, -0.15) is 0 Å². The molecule has 0 saturated carbocycles. The van der Waals surface area contributed by atoms with E-state index in [-0.39, 0.29) is 24.6 Å². The predicted molar refractivity (Wildman–Crippen MR) is 125 cm³/mol. The Labute approximate surface area is 195 Å². The van der Waals surface area contributed by atoms with Crippen LogP contribution in [0.5, 0.6) is 11.5 Å². The molecule has 1 saturated heterocycles. The zero-order valence-electron chi connectivity index (χ0n) is 19.5. The average Bonchev–Trinajstić information content (AvgIpc) is 3.45. The lowest BCUT2D eigenvalue weighted by Crippen LogP contribution is -2.46. The lowest BCUT2D eigenvalue weighted by Gasteiger charge is -2.33. The van der Waals surface area contributed by atoms with Crippen LogP contribution in [-0.2, 0) is 14.3 Å². The molecule has 2 aliphatic heterocycles. The molecule has 6 heteroatoms. The lowest BCUT2D eigenvalue weighted by atomic mass is 9.80. The van der Waals surface area contributed by atoms with Crippen LogP contribution in [0.4, 0.5) is 0 Å². The molecule has 3 atom stereocenters. The minimum atomic E-state index is -0.608. The van der Waals surface area contributed by atoms with Crippen LogP contribution in [0.3, 0.4) is 0 Å². The van der Waals surface area contributed by atoms with Crippen LogP contribution in [0.15, 0.2) is 61.2 Å². The van der Waals surface area contributed by atoms with Crippen LogP contribution in [0.25, 0.3) is 0 Å². The number of benzene rings is 2. The Morgan fingerprint density at radius 3 is 2.52 bits per heavy atom. The van der Waals surface area contributed by atoms with Crippen molar-refractivity contribution >= 4 is 11.9 Å². The van der Waals surface area contributed by atoms with Crippen LogP contribution in [-0.4, -0.2) is 41.8 Å². The summed E-state index contributed by atoms with van der Waals surface area (Å²) in [5.74, 6) is 0.0528. The summed E-state index contributed by atoms with van der Waals surface area (Å²) in [6, 6.07) is 14.8. The molecule has 2 aliphatic rings. The second-order valence-electron chi connectivity index (χ2n) is 9.49. The molecule has 0 aliphatic carbocycles. The van der Waals surface area contributed by atoms with E-state index in [4.69, 9.17) is 14.2 Å². The third-order valence-corrected chi connectivity index (χ3v) is 6.03. The fourth-order valence-electron chi connectivity index (χ4n) is 4.57. The van der Waals surface area contributed by atoms with Crippen LogP contribution in [0.1, 0.15) is 56.6 Å². The largest absolute Gasteiger partial charge is 0.458 e. The van der Waals surface area contributed by atoms with Crippen LogP contribution in [0, 0.1) is 0 Å². The van der Waals surface area contributed by atoms with Crippen molar-refractivity contribution in [3.8, 4) is 11.5 Å². The number of nitrogens with zero attached hydrogens (tertiary/aromatic N) is 1. The summed E-state index contributed by atoms with van der Waals surface area (Å²) in [7, 11) is 0. The molecule has 2 heterocycles. The zero-order chi connectivity index (χ0) is 23.6. The SMILES string of the molecule is C=C[C@@H](c1ccc2c(c1)OCO2)[C@@H](C(=O)N1CCC[C@H]1C(=O)OC(C)(C)C)c1ccccc1. The minimum absolute atomic E-state index is 0.0999. The van der Waals surface area contributed by atoms with E-state index in [0.717, 1.165) is 17.5 Å². The first kappa shape index (κ1) is 22.9. The number of esters is 1. The first-order valence-corrected chi connectivity index (χ1v) is 11.4. The number of likely N-dealkylation sites (tertiary alicyclic amines) is 1. The van der Waals surface area contributed by atoms with Gasteiger partial charge >= 0.3 is 5.97 Å². The maximum atomic E-state index is 14.0. The highest BCUT2D eigenvalue weighted by atomic mass is 16.7. The Morgan fingerprint density at radius 2 is 1.82 bits per heavy atom. The topological polar surface area (TPSA) is 65.1 Å². The van der Waals surface area contributed by atoms with E-state index in [0.29, 0.717) is 24.5 Å². The predicted octanol–water partition coefficient (Wildman–Crippen LogP) is 4.80. The lowest BCUT2D eigenvalue weighted by molar-refractivity contribution is -0.163. The fourth-order valence-corrected chi connectivity index (χ4v) is 4.57. The minimum Gasteiger partial charge on any atom is -0.458 e. The number of amides is 1. The normalized spacial score (nSPS) is 19.1. The van der Waals surface area contributed by atoms with Gasteiger partial charge in [-0.25, -0.2) is 4.79 Å². The molecule has 4 rings (SSSR count). The smallest absolute Gasteiger partial charge is 0.329 e. The molecule has 33 heavy (non-hydrogen) atoms. The Hall–Kier alpha value is -3.28. The van der Waals surface area contributed by atoms with Gasteiger partial charge in [-0.3, -0.25) is 4.79 Å². The summed E-state index contributed by atoms with van der Waals surface area (Å²) in [5, 5.41) is 0. The third-order valence-electron chi connectivity index (χ3n) is 6.03. The molecule has 1 amide bonds. The highest BCUT2D eigenvalue weighted by Gasteiger charge is 2.42. The molecule has 2 aromatic carbocycles. The van der Waals surface area contributed by atoms with Gasteiger partial charge in [-0.15, -0.1) is 6.58 Å². The number of carbonyl (C=O) groups excluding carboxylic acids is 2. The van der Waals surface area contributed by atoms with E-state index in [1.807, 2.05) is 69.3 Å². The molecule has 0 spiro atoms. The van der Waals surface area contributed by atoms with E-state index in [1.54, 1.807) is 11.0 Å². The van der Waals surface area contributed by atoms with Crippen LogP contribution >= 0.6 is 0 Å². The average molecular weight is 450 g/mol. The molecule has 1 fully saturated rings. The van der Waals surface area contributed by atoms with Crippen molar-refractivity contribution in [2.24, 2.45) is 0 Å². The van der Waals surface area contributed by atoms with Crippen molar-refractivity contribution in [3.63, 3.8) is 0 Å². The summed E-state index contributed by atoms with van der Waals surface area (Å²) < 4.78 is 16.6. The van der Waals surface area contributed by atoms with Crippen molar-refractivity contribution in [1.82, 2.24) is 4.90 Å². The van der Waals surface area contributed by atoms with Gasteiger partial charge in [0.2, 0.25) is 12.7 Å². The third kappa shape index (κ3) is 4.90. The summed E-state index contributed by atoms with van der Waals surface area (Å²) in [4.78, 5) is 28.6. The zero-order valence-corrected chi connectivity index (χ0v) is 19.5. The highest BCUT2D eigenvalue weighted by molar-refractivity contribution is 5.90. The van der Waals surface area contributed by atoms with Gasteiger partial charge in [-0.1, -0.05) is 42.5 Å². The summed E-state index contributed by atoms with van der Waals surface area (Å²) >= 11 is 0. The maximum absolute atomic E-state index is 14.0. The van der Waals surface area contributed by atoms with Gasteiger partial charge in [0.25, 0.3) is 0 Å². The molecule has 0 radical (unpaired) electrons. The monoisotopic (exact) mass is 449 g/mol. The fraction of sp³-hybridized carbons (Fsp3) is 0.407. The van der Waals surface area contributed by atoms with E-state index >= 15 is 0 Å². The second kappa shape index (κ2) is 9.30. The Morgan fingerprint density at radius 1 is 1.09 bits per heavy atom. The number of fused-ring (bicyclic) bond motifs is 1. The molecular formula is C27H31NO5. The van der Waals surface area contributed by atoms with Gasteiger partial charge in [0, 0.05) is 12.5 Å². The first-order chi connectivity index (χ1) is 15.8. The van der Waals surface area contributed by atoms with Gasteiger partial charge in [-0.05, 0) is 56.9 Å². The molecule has 0 aromatic heterocycles. The van der Waals surface area contributed by atoms with E-state index in [1.165, 1.54) is 0 Å². The molecule has 0 N–H and O–H groups in total. The van der Waals surface area contributed by atoms with Crippen LogP contribution < -0.4 is 9.47 Å². The van der Waals surface area contributed by atoms with Crippen molar-refractivity contribution < 1.29 is 23.8 Å². The molecular weight excluding hydrogens is 418 g/mol. The van der Waals surface area contributed by atoms with Gasteiger partial charge in [0.05, 0.1) is 5.92 Å². The quantitative estimate of drug-likeness (QED) is 0.468. The summed E-state index contributed by atoms with van der Waals surface area (Å²) in [5.41, 5.74) is 1.17. The molecule has 174 valence electrons. The number of carbonyl (C=O) groups is 2. The number of hydrogen-bond donors (Lipinski definition) is 0. The first-order valence-electron chi connectivity index (χ1n) is 11.4.